The van der Waals surface area contributed by atoms with Gasteiger partial charge in [0.2, 0.25) is 0 Å². The maximum atomic E-state index is 12.9. The molecular formula is C23H34N4O2S. The number of nitrogens with zero attached hydrogens (tertiary/aromatic N) is 4. The van der Waals surface area contributed by atoms with Crippen LogP contribution < -0.4 is 4.90 Å². The SMILES string of the molecule is CC1CCC(c2ccc3sc(N4CCN(C)CC4)nc3c2)N(C(=O)OC(C)(C)C)C1. The van der Waals surface area contributed by atoms with Crippen molar-refractivity contribution < 1.29 is 9.53 Å². The lowest BCUT2D eigenvalue weighted by Crippen LogP contribution is -2.44. The van der Waals surface area contributed by atoms with Crippen molar-refractivity contribution in [1.82, 2.24) is 14.8 Å². The molecule has 0 aliphatic carbocycles. The average molecular weight is 431 g/mol. The minimum atomic E-state index is -0.488. The van der Waals surface area contributed by atoms with Gasteiger partial charge in [-0.1, -0.05) is 24.3 Å². The molecule has 1 aromatic carbocycles. The van der Waals surface area contributed by atoms with Crippen LogP contribution in [0.5, 0.6) is 0 Å². The van der Waals surface area contributed by atoms with E-state index in [2.05, 4.69) is 42.0 Å². The van der Waals surface area contributed by atoms with Gasteiger partial charge in [-0.2, -0.15) is 0 Å². The smallest absolute Gasteiger partial charge is 0.410 e. The number of anilines is 1. The number of amides is 1. The van der Waals surface area contributed by atoms with Gasteiger partial charge in [0.05, 0.1) is 16.3 Å². The fraction of sp³-hybridized carbons (Fsp3) is 0.652. The monoisotopic (exact) mass is 430 g/mol. The Hall–Kier alpha value is -1.86. The topological polar surface area (TPSA) is 48.9 Å². The highest BCUT2D eigenvalue weighted by Crippen LogP contribution is 2.37. The van der Waals surface area contributed by atoms with Crippen LogP contribution in [0.3, 0.4) is 0 Å². The minimum Gasteiger partial charge on any atom is -0.444 e. The number of hydrogen-bond donors (Lipinski definition) is 0. The van der Waals surface area contributed by atoms with Gasteiger partial charge in [0.25, 0.3) is 0 Å². The highest BCUT2D eigenvalue weighted by Gasteiger charge is 2.34. The number of benzene rings is 1. The van der Waals surface area contributed by atoms with Crippen LogP contribution in [0.2, 0.25) is 0 Å². The third-order valence-corrected chi connectivity index (χ3v) is 7.10. The summed E-state index contributed by atoms with van der Waals surface area (Å²) >= 11 is 1.77. The van der Waals surface area contributed by atoms with E-state index in [4.69, 9.17) is 9.72 Å². The molecule has 0 spiro atoms. The number of piperazine rings is 1. The van der Waals surface area contributed by atoms with Gasteiger partial charge >= 0.3 is 6.09 Å². The lowest BCUT2D eigenvalue weighted by molar-refractivity contribution is 0.00365. The number of hydrogen-bond acceptors (Lipinski definition) is 6. The minimum absolute atomic E-state index is 0.0502. The Morgan fingerprint density at radius 3 is 2.60 bits per heavy atom. The lowest BCUT2D eigenvalue weighted by Gasteiger charge is -2.39. The normalized spacial score (nSPS) is 23.8. The number of thiazole rings is 1. The molecule has 7 heteroatoms. The molecule has 2 saturated heterocycles. The van der Waals surface area contributed by atoms with Crippen molar-refractivity contribution in [1.29, 1.82) is 0 Å². The zero-order valence-electron chi connectivity index (χ0n) is 18.9. The Labute approximate surface area is 183 Å². The van der Waals surface area contributed by atoms with Crippen molar-refractivity contribution in [2.75, 3.05) is 44.7 Å². The molecule has 164 valence electrons. The fourth-order valence-electron chi connectivity index (χ4n) is 4.29. The van der Waals surface area contributed by atoms with Crippen LogP contribution in [0.15, 0.2) is 18.2 Å². The van der Waals surface area contributed by atoms with E-state index in [0.29, 0.717) is 5.92 Å². The van der Waals surface area contributed by atoms with Gasteiger partial charge < -0.3 is 19.4 Å². The van der Waals surface area contributed by atoms with Gasteiger partial charge in [-0.25, -0.2) is 9.78 Å². The van der Waals surface area contributed by atoms with Crippen molar-refractivity contribution in [3.05, 3.63) is 23.8 Å². The van der Waals surface area contributed by atoms with Crippen LogP contribution in [-0.4, -0.2) is 66.2 Å². The van der Waals surface area contributed by atoms with Crippen LogP contribution in [0, 0.1) is 5.92 Å². The molecule has 0 N–H and O–H groups in total. The zero-order valence-corrected chi connectivity index (χ0v) is 19.7. The molecule has 2 unspecified atom stereocenters. The Morgan fingerprint density at radius 2 is 1.90 bits per heavy atom. The van der Waals surface area contributed by atoms with E-state index < -0.39 is 5.60 Å². The van der Waals surface area contributed by atoms with Gasteiger partial charge in [0, 0.05) is 32.7 Å². The van der Waals surface area contributed by atoms with Crippen molar-refractivity contribution in [3.8, 4) is 0 Å². The Morgan fingerprint density at radius 1 is 1.17 bits per heavy atom. The first-order chi connectivity index (χ1) is 14.2. The van der Waals surface area contributed by atoms with Crippen molar-refractivity contribution in [2.24, 2.45) is 5.92 Å². The predicted molar refractivity (Wildman–Crippen MR) is 123 cm³/mol. The number of rotatable bonds is 2. The molecular weight excluding hydrogens is 396 g/mol. The van der Waals surface area contributed by atoms with E-state index in [9.17, 15) is 4.79 Å². The second-order valence-corrected chi connectivity index (χ2v) is 10.9. The molecule has 2 aliphatic rings. The largest absolute Gasteiger partial charge is 0.444 e. The molecule has 6 nitrogen and oxygen atoms in total. The quantitative estimate of drug-likeness (QED) is 0.688. The van der Waals surface area contributed by atoms with Crippen LogP contribution in [0.25, 0.3) is 10.2 Å². The number of fused-ring (bicyclic) bond motifs is 1. The molecule has 1 aromatic heterocycles. The van der Waals surface area contributed by atoms with Crippen LogP contribution in [0.1, 0.15) is 52.1 Å². The summed E-state index contributed by atoms with van der Waals surface area (Å²) in [5.41, 5.74) is 1.71. The molecule has 0 saturated carbocycles. The molecule has 2 aliphatic heterocycles. The standard InChI is InChI=1S/C23H34N4O2S/c1-16-6-8-19(27(15-16)22(28)29-23(2,3)4)17-7-9-20-18(14-17)24-21(30-20)26-12-10-25(5)11-13-26/h7,9,14,16,19H,6,8,10-13,15H2,1-5H3. The Kier molecular flexibility index (Phi) is 5.95. The summed E-state index contributed by atoms with van der Waals surface area (Å²) in [6.07, 6.45) is 1.86. The van der Waals surface area contributed by atoms with E-state index in [1.165, 1.54) is 4.70 Å². The number of likely N-dealkylation sites (N-methyl/N-ethyl adjacent to an activating group) is 1. The number of carbonyl (C=O) groups excluding carboxylic acids is 1. The first-order valence-corrected chi connectivity index (χ1v) is 11.8. The number of piperidine rings is 1. The van der Waals surface area contributed by atoms with Gasteiger partial charge in [-0.3, -0.25) is 0 Å². The summed E-state index contributed by atoms with van der Waals surface area (Å²) in [4.78, 5) is 24.5. The highest BCUT2D eigenvalue weighted by atomic mass is 32.1. The van der Waals surface area contributed by atoms with Crippen molar-refractivity contribution in [3.63, 3.8) is 0 Å². The number of aromatic nitrogens is 1. The van der Waals surface area contributed by atoms with E-state index in [0.717, 1.165) is 61.8 Å². The maximum Gasteiger partial charge on any atom is 0.410 e. The Balaban J connectivity index is 1.58. The lowest BCUT2D eigenvalue weighted by atomic mass is 9.90. The summed E-state index contributed by atoms with van der Waals surface area (Å²) in [6, 6.07) is 6.58. The third-order valence-electron chi connectivity index (χ3n) is 6.00. The number of likely N-dealkylation sites (tertiary alicyclic amines) is 1. The van der Waals surface area contributed by atoms with Gasteiger partial charge in [0.15, 0.2) is 5.13 Å². The van der Waals surface area contributed by atoms with Crippen LogP contribution >= 0.6 is 11.3 Å². The van der Waals surface area contributed by atoms with E-state index in [-0.39, 0.29) is 12.1 Å². The van der Waals surface area contributed by atoms with Gasteiger partial charge in [-0.05, 0) is 64.3 Å². The Bertz CT molecular complexity index is 898. The fourth-order valence-corrected chi connectivity index (χ4v) is 5.29. The van der Waals surface area contributed by atoms with E-state index in [1.807, 2.05) is 25.7 Å². The second kappa shape index (κ2) is 8.35. The van der Waals surface area contributed by atoms with E-state index >= 15 is 0 Å². The van der Waals surface area contributed by atoms with Crippen molar-refractivity contribution in [2.45, 2.75) is 52.2 Å². The van der Waals surface area contributed by atoms with E-state index in [1.54, 1.807) is 11.3 Å². The molecule has 1 amide bonds. The predicted octanol–water partition coefficient (Wildman–Crippen LogP) is 4.76. The molecule has 3 heterocycles. The maximum absolute atomic E-state index is 12.9. The molecule has 4 rings (SSSR count). The summed E-state index contributed by atoms with van der Waals surface area (Å²) in [6.45, 7) is 12.9. The molecule has 2 atom stereocenters. The van der Waals surface area contributed by atoms with Crippen molar-refractivity contribution >= 4 is 32.8 Å². The average Bonchev–Trinajstić information content (AvgIpc) is 3.10. The zero-order chi connectivity index (χ0) is 21.5. The van der Waals surface area contributed by atoms with Crippen LogP contribution in [-0.2, 0) is 4.74 Å². The van der Waals surface area contributed by atoms with Crippen LogP contribution in [0.4, 0.5) is 9.93 Å². The molecule has 0 bridgehead atoms. The summed E-state index contributed by atoms with van der Waals surface area (Å²) < 4.78 is 6.93. The summed E-state index contributed by atoms with van der Waals surface area (Å²) in [5, 5.41) is 1.11. The summed E-state index contributed by atoms with van der Waals surface area (Å²) in [5.74, 6) is 0.487. The third kappa shape index (κ3) is 4.72. The number of ether oxygens (including phenoxy) is 1. The molecule has 2 fully saturated rings. The molecule has 2 aromatic rings. The molecule has 0 radical (unpaired) electrons. The van der Waals surface area contributed by atoms with Gasteiger partial charge in [-0.15, -0.1) is 0 Å². The molecule has 30 heavy (non-hydrogen) atoms. The number of carbonyl (C=O) groups is 1. The van der Waals surface area contributed by atoms with Gasteiger partial charge in [0.1, 0.15) is 5.60 Å². The second-order valence-electron chi connectivity index (χ2n) is 9.84. The summed E-state index contributed by atoms with van der Waals surface area (Å²) in [7, 11) is 2.17. The first-order valence-electron chi connectivity index (χ1n) is 11.0. The first kappa shape index (κ1) is 21.4. The highest BCUT2D eigenvalue weighted by molar-refractivity contribution is 7.22.